The second-order valence-corrected chi connectivity index (χ2v) is 2.77. The fourth-order valence-corrected chi connectivity index (χ4v) is 0.996. The zero-order valence-corrected chi connectivity index (χ0v) is 7.29. The lowest BCUT2D eigenvalue weighted by molar-refractivity contribution is 0.318. The molecule has 0 aliphatic rings. The molecule has 1 atom stereocenters. The molecule has 2 heteroatoms. The van der Waals surface area contributed by atoms with Crippen molar-refractivity contribution in [2.24, 2.45) is 5.73 Å². The summed E-state index contributed by atoms with van der Waals surface area (Å²) in [4.78, 5) is 2.20. The summed E-state index contributed by atoms with van der Waals surface area (Å²) in [7, 11) is 0. The average Bonchev–Trinajstić information content (AvgIpc) is 1.87. The van der Waals surface area contributed by atoms with Gasteiger partial charge >= 0.3 is 0 Å². The second kappa shape index (κ2) is 6.13. The Hall–Kier alpha value is -0.600. The monoisotopic (exact) mass is 154 g/mol. The predicted molar refractivity (Wildman–Crippen MR) is 50.5 cm³/mol. The van der Waals surface area contributed by atoms with Crippen molar-refractivity contribution >= 4 is 0 Å². The Labute approximate surface area is 69.4 Å². The topological polar surface area (TPSA) is 29.3 Å². The maximum Gasteiger partial charge on any atom is 0.0164 e. The summed E-state index contributed by atoms with van der Waals surface area (Å²) in [6.07, 6.45) is 3.76. The number of nitrogens with two attached hydrogens (primary N) is 1. The van der Waals surface area contributed by atoms with Crippen molar-refractivity contribution in [2.45, 2.75) is 13.0 Å². The molecule has 0 aromatic carbocycles. The lowest BCUT2D eigenvalue weighted by Crippen LogP contribution is -2.35. The van der Waals surface area contributed by atoms with E-state index < -0.39 is 0 Å². The van der Waals surface area contributed by atoms with E-state index in [4.69, 9.17) is 5.73 Å². The zero-order valence-electron chi connectivity index (χ0n) is 7.29. The quantitative estimate of drug-likeness (QED) is 0.578. The molecular formula is C9H18N2. The van der Waals surface area contributed by atoms with Crippen LogP contribution < -0.4 is 5.73 Å². The van der Waals surface area contributed by atoms with Gasteiger partial charge in [-0.2, -0.15) is 0 Å². The van der Waals surface area contributed by atoms with Gasteiger partial charge in [-0.25, -0.2) is 0 Å². The van der Waals surface area contributed by atoms with Crippen molar-refractivity contribution in [3.05, 3.63) is 25.3 Å². The molecule has 1 unspecified atom stereocenters. The van der Waals surface area contributed by atoms with E-state index >= 15 is 0 Å². The minimum atomic E-state index is 0.217. The van der Waals surface area contributed by atoms with Gasteiger partial charge in [0.25, 0.3) is 0 Å². The highest BCUT2D eigenvalue weighted by Gasteiger charge is 2.02. The van der Waals surface area contributed by atoms with Crippen LogP contribution in [0.3, 0.4) is 0 Å². The fraction of sp³-hybridized carbons (Fsp3) is 0.556. The lowest BCUT2D eigenvalue weighted by Gasteiger charge is -2.20. The van der Waals surface area contributed by atoms with Gasteiger partial charge in [0.1, 0.15) is 0 Å². The van der Waals surface area contributed by atoms with E-state index in [1.54, 1.807) is 0 Å². The summed E-state index contributed by atoms with van der Waals surface area (Å²) in [6.45, 7) is 12.0. The minimum Gasteiger partial charge on any atom is -0.327 e. The SMILES string of the molecule is C=CCN(CC=C)CC(C)N. The Bertz CT molecular complexity index is 109. The minimum absolute atomic E-state index is 0.217. The summed E-state index contributed by atoms with van der Waals surface area (Å²) in [5.74, 6) is 0. The van der Waals surface area contributed by atoms with Gasteiger partial charge in [0.2, 0.25) is 0 Å². The number of nitrogens with zero attached hydrogens (tertiary/aromatic N) is 1. The van der Waals surface area contributed by atoms with E-state index in [2.05, 4.69) is 18.1 Å². The van der Waals surface area contributed by atoms with Gasteiger partial charge < -0.3 is 5.73 Å². The van der Waals surface area contributed by atoms with Crippen LogP contribution in [0.5, 0.6) is 0 Å². The highest BCUT2D eigenvalue weighted by atomic mass is 15.1. The molecule has 0 bridgehead atoms. The van der Waals surface area contributed by atoms with Crippen LogP contribution in [0.15, 0.2) is 25.3 Å². The number of hydrogen-bond donors (Lipinski definition) is 1. The molecule has 0 saturated heterocycles. The van der Waals surface area contributed by atoms with Crippen molar-refractivity contribution in [2.75, 3.05) is 19.6 Å². The van der Waals surface area contributed by atoms with Crippen LogP contribution in [0.2, 0.25) is 0 Å². The molecule has 2 N–H and O–H groups in total. The first kappa shape index (κ1) is 10.4. The maximum atomic E-state index is 5.64. The number of rotatable bonds is 6. The van der Waals surface area contributed by atoms with E-state index in [0.29, 0.717) is 0 Å². The third-order valence-corrected chi connectivity index (χ3v) is 1.32. The van der Waals surface area contributed by atoms with Crippen molar-refractivity contribution in [1.29, 1.82) is 0 Å². The molecule has 0 amide bonds. The van der Waals surface area contributed by atoms with Crippen molar-refractivity contribution in [3.8, 4) is 0 Å². The first-order valence-corrected chi connectivity index (χ1v) is 3.90. The van der Waals surface area contributed by atoms with E-state index in [1.807, 2.05) is 19.1 Å². The van der Waals surface area contributed by atoms with E-state index in [1.165, 1.54) is 0 Å². The molecule has 0 aromatic rings. The van der Waals surface area contributed by atoms with Gasteiger partial charge in [0.15, 0.2) is 0 Å². The smallest absolute Gasteiger partial charge is 0.0164 e. The molecular weight excluding hydrogens is 136 g/mol. The predicted octanol–water partition coefficient (Wildman–Crippen LogP) is 1.01. The van der Waals surface area contributed by atoms with E-state index in [9.17, 15) is 0 Å². The molecule has 0 fully saturated rings. The van der Waals surface area contributed by atoms with Gasteiger partial charge in [0, 0.05) is 25.7 Å². The third kappa shape index (κ3) is 5.83. The van der Waals surface area contributed by atoms with Crippen LogP contribution in [-0.4, -0.2) is 30.6 Å². The molecule has 11 heavy (non-hydrogen) atoms. The summed E-state index contributed by atoms with van der Waals surface area (Å²) in [5.41, 5.74) is 5.64. The van der Waals surface area contributed by atoms with E-state index in [-0.39, 0.29) is 6.04 Å². The molecule has 0 heterocycles. The van der Waals surface area contributed by atoms with Gasteiger partial charge in [-0.1, -0.05) is 12.2 Å². The van der Waals surface area contributed by atoms with Crippen molar-refractivity contribution in [3.63, 3.8) is 0 Å². The second-order valence-electron chi connectivity index (χ2n) is 2.77. The van der Waals surface area contributed by atoms with E-state index in [0.717, 1.165) is 19.6 Å². The van der Waals surface area contributed by atoms with Crippen LogP contribution in [-0.2, 0) is 0 Å². The Morgan fingerprint density at radius 3 is 2.09 bits per heavy atom. The molecule has 0 spiro atoms. The van der Waals surface area contributed by atoms with Crippen molar-refractivity contribution in [1.82, 2.24) is 4.90 Å². The van der Waals surface area contributed by atoms with Crippen LogP contribution in [0, 0.1) is 0 Å². The Morgan fingerprint density at radius 1 is 1.36 bits per heavy atom. The third-order valence-electron chi connectivity index (χ3n) is 1.32. The Morgan fingerprint density at radius 2 is 1.82 bits per heavy atom. The molecule has 0 aliphatic carbocycles. The molecule has 0 saturated carbocycles. The normalized spacial score (nSPS) is 13.0. The molecule has 0 radical (unpaired) electrons. The summed E-state index contributed by atoms with van der Waals surface area (Å²) in [6, 6.07) is 0.217. The van der Waals surface area contributed by atoms with Crippen LogP contribution in [0.1, 0.15) is 6.92 Å². The highest BCUT2D eigenvalue weighted by molar-refractivity contribution is 4.80. The average molecular weight is 154 g/mol. The van der Waals surface area contributed by atoms with Crippen molar-refractivity contribution < 1.29 is 0 Å². The van der Waals surface area contributed by atoms with Gasteiger partial charge in [-0.3, -0.25) is 4.90 Å². The molecule has 0 aliphatic heterocycles. The van der Waals surface area contributed by atoms with Gasteiger partial charge in [-0.05, 0) is 6.92 Å². The Balaban J connectivity index is 3.67. The highest BCUT2D eigenvalue weighted by Crippen LogP contribution is 1.90. The Kier molecular flexibility index (Phi) is 5.80. The molecule has 2 nitrogen and oxygen atoms in total. The zero-order chi connectivity index (χ0) is 8.69. The first-order valence-electron chi connectivity index (χ1n) is 3.90. The van der Waals surface area contributed by atoms with Gasteiger partial charge in [0.05, 0.1) is 0 Å². The standard InChI is InChI=1S/C9H18N2/c1-4-6-11(7-5-2)8-9(3)10/h4-5,9H,1-2,6-8,10H2,3H3. The maximum absolute atomic E-state index is 5.64. The lowest BCUT2D eigenvalue weighted by atomic mass is 10.3. The molecule has 0 rings (SSSR count). The first-order chi connectivity index (χ1) is 5.20. The summed E-state index contributed by atoms with van der Waals surface area (Å²) in [5, 5.41) is 0. The largest absolute Gasteiger partial charge is 0.327 e. The fourth-order valence-electron chi connectivity index (χ4n) is 0.996. The van der Waals surface area contributed by atoms with Crippen LogP contribution >= 0.6 is 0 Å². The summed E-state index contributed by atoms with van der Waals surface area (Å²) < 4.78 is 0. The van der Waals surface area contributed by atoms with Crippen LogP contribution in [0.4, 0.5) is 0 Å². The number of hydrogen-bond acceptors (Lipinski definition) is 2. The van der Waals surface area contributed by atoms with Crippen LogP contribution in [0.25, 0.3) is 0 Å². The summed E-state index contributed by atoms with van der Waals surface area (Å²) >= 11 is 0. The van der Waals surface area contributed by atoms with Gasteiger partial charge in [-0.15, -0.1) is 13.2 Å². The molecule has 0 aromatic heterocycles. The molecule has 64 valence electrons.